The Morgan fingerprint density at radius 1 is 1.47 bits per heavy atom. The topological polar surface area (TPSA) is 53.6 Å². The molecule has 15 heavy (non-hydrogen) atoms. The minimum atomic E-state index is 0.766. The second-order valence-electron chi connectivity index (χ2n) is 3.34. The normalized spacial score (nSPS) is 11.5. The van der Waals surface area contributed by atoms with Crippen LogP contribution >= 0.6 is 0 Å². The molecule has 0 bridgehead atoms. The van der Waals surface area contributed by atoms with Crippen LogP contribution in [0.25, 0.3) is 17.2 Å². The van der Waals surface area contributed by atoms with Gasteiger partial charge in [0.05, 0.1) is 11.8 Å². The summed E-state index contributed by atoms with van der Waals surface area (Å²) in [6.07, 6.45) is 8.73. The lowest BCUT2D eigenvalue weighted by Crippen LogP contribution is -2.05. The molecule has 0 radical (unpaired) electrons. The van der Waals surface area contributed by atoms with E-state index in [-0.39, 0.29) is 0 Å². The van der Waals surface area contributed by atoms with E-state index in [4.69, 9.17) is 0 Å². The van der Waals surface area contributed by atoms with E-state index in [9.17, 15) is 0 Å². The lowest BCUT2D eigenvalue weighted by Gasteiger charge is -1.94. The van der Waals surface area contributed by atoms with E-state index in [1.807, 2.05) is 19.3 Å². The van der Waals surface area contributed by atoms with Gasteiger partial charge in [-0.1, -0.05) is 12.2 Å². The van der Waals surface area contributed by atoms with Crippen molar-refractivity contribution in [2.75, 3.05) is 13.6 Å². The lowest BCUT2D eigenvalue weighted by molar-refractivity contribution is 0.809. The second kappa shape index (κ2) is 4.70. The third-order valence-corrected chi connectivity index (χ3v) is 2.17. The van der Waals surface area contributed by atoms with Crippen molar-refractivity contribution in [3.63, 3.8) is 0 Å². The second-order valence-corrected chi connectivity index (χ2v) is 3.34. The average Bonchev–Trinajstić information content (AvgIpc) is 2.71. The van der Waals surface area contributed by atoms with Gasteiger partial charge in [-0.25, -0.2) is 9.97 Å². The predicted molar refractivity (Wildman–Crippen MR) is 61.5 cm³/mol. The molecular formula is C11H14N4. The van der Waals surface area contributed by atoms with Crippen molar-refractivity contribution in [2.45, 2.75) is 6.42 Å². The van der Waals surface area contributed by atoms with Gasteiger partial charge in [0.25, 0.3) is 0 Å². The molecule has 2 rings (SSSR count). The summed E-state index contributed by atoms with van der Waals surface area (Å²) in [5, 5.41) is 3.10. The first-order valence-corrected chi connectivity index (χ1v) is 5.00. The number of H-pyrrole nitrogens is 1. The molecule has 4 nitrogen and oxygen atoms in total. The van der Waals surface area contributed by atoms with E-state index in [1.54, 1.807) is 6.33 Å². The molecule has 2 heterocycles. The maximum atomic E-state index is 4.23. The summed E-state index contributed by atoms with van der Waals surface area (Å²) in [4.78, 5) is 11.3. The Hall–Kier alpha value is -1.68. The summed E-state index contributed by atoms with van der Waals surface area (Å²) < 4.78 is 0. The van der Waals surface area contributed by atoms with Gasteiger partial charge in [-0.3, -0.25) is 0 Å². The van der Waals surface area contributed by atoms with Crippen LogP contribution in [-0.4, -0.2) is 28.5 Å². The number of aromatic amines is 1. The number of fused-ring (bicyclic) bond motifs is 1. The highest BCUT2D eigenvalue weighted by molar-refractivity contribution is 5.72. The highest BCUT2D eigenvalue weighted by Crippen LogP contribution is 2.09. The number of imidazole rings is 1. The molecule has 0 aliphatic heterocycles. The summed E-state index contributed by atoms with van der Waals surface area (Å²) in [6.45, 7) is 0.996. The minimum Gasteiger partial charge on any atom is -0.343 e. The molecule has 0 aliphatic rings. The molecule has 0 atom stereocenters. The quantitative estimate of drug-likeness (QED) is 0.740. The van der Waals surface area contributed by atoms with Crippen molar-refractivity contribution in [3.8, 4) is 0 Å². The van der Waals surface area contributed by atoms with Gasteiger partial charge >= 0.3 is 0 Å². The fraction of sp³-hybridized carbons (Fsp3) is 0.273. The number of aromatic nitrogens is 3. The fourth-order valence-corrected chi connectivity index (χ4v) is 1.38. The van der Waals surface area contributed by atoms with Crippen molar-refractivity contribution in [3.05, 3.63) is 30.2 Å². The van der Waals surface area contributed by atoms with Crippen LogP contribution in [0.4, 0.5) is 0 Å². The van der Waals surface area contributed by atoms with Crippen LogP contribution in [0.15, 0.2) is 24.7 Å². The van der Waals surface area contributed by atoms with Crippen LogP contribution in [0, 0.1) is 0 Å². The first-order valence-electron chi connectivity index (χ1n) is 5.00. The monoisotopic (exact) mass is 202 g/mol. The molecule has 0 saturated heterocycles. The van der Waals surface area contributed by atoms with Crippen molar-refractivity contribution < 1.29 is 0 Å². The van der Waals surface area contributed by atoms with Gasteiger partial charge in [-0.2, -0.15) is 0 Å². The molecule has 0 spiro atoms. The first kappa shape index (κ1) is 9.86. The molecule has 78 valence electrons. The predicted octanol–water partition coefficient (Wildman–Crippen LogP) is 1.58. The largest absolute Gasteiger partial charge is 0.343 e. The molecule has 2 aromatic rings. The van der Waals surface area contributed by atoms with Crippen LogP contribution < -0.4 is 5.32 Å². The molecule has 0 amide bonds. The first-order chi connectivity index (χ1) is 7.40. The molecule has 0 unspecified atom stereocenters. The zero-order chi connectivity index (χ0) is 10.5. The van der Waals surface area contributed by atoms with Crippen molar-refractivity contribution in [1.29, 1.82) is 0 Å². The van der Waals surface area contributed by atoms with Gasteiger partial charge in [0.15, 0.2) is 5.65 Å². The lowest BCUT2D eigenvalue weighted by atomic mass is 10.2. The maximum Gasteiger partial charge on any atom is 0.177 e. The van der Waals surface area contributed by atoms with Gasteiger partial charge in [0, 0.05) is 6.20 Å². The van der Waals surface area contributed by atoms with E-state index in [0.717, 1.165) is 29.7 Å². The van der Waals surface area contributed by atoms with Crippen LogP contribution in [0.5, 0.6) is 0 Å². The standard InChI is InChI=1S/C11H14N4/c1-12-5-3-2-4-9-6-10-11(13-7-9)15-8-14-10/h2,4,6-8,12H,3,5H2,1H3,(H,13,14,15). The Balaban J connectivity index is 2.10. The van der Waals surface area contributed by atoms with Gasteiger partial charge in [0.2, 0.25) is 0 Å². The van der Waals surface area contributed by atoms with Gasteiger partial charge in [0.1, 0.15) is 0 Å². The third-order valence-electron chi connectivity index (χ3n) is 2.17. The van der Waals surface area contributed by atoms with Crippen molar-refractivity contribution in [2.24, 2.45) is 0 Å². The smallest absolute Gasteiger partial charge is 0.177 e. The molecule has 0 saturated carbocycles. The summed E-state index contributed by atoms with van der Waals surface area (Å²) >= 11 is 0. The SMILES string of the molecule is CNCCC=Cc1cnc2nc[nH]c2c1. The third kappa shape index (κ3) is 2.41. The van der Waals surface area contributed by atoms with E-state index in [1.165, 1.54) is 0 Å². The highest BCUT2D eigenvalue weighted by atomic mass is 14.9. The maximum absolute atomic E-state index is 4.23. The van der Waals surface area contributed by atoms with Crippen LogP contribution in [0.1, 0.15) is 12.0 Å². The van der Waals surface area contributed by atoms with Crippen LogP contribution in [0.3, 0.4) is 0 Å². The van der Waals surface area contributed by atoms with E-state index in [2.05, 4.69) is 32.4 Å². The number of nitrogens with one attached hydrogen (secondary N) is 2. The number of pyridine rings is 1. The Morgan fingerprint density at radius 2 is 2.40 bits per heavy atom. The van der Waals surface area contributed by atoms with Gasteiger partial charge in [-0.15, -0.1) is 0 Å². The summed E-state index contributed by atoms with van der Waals surface area (Å²) in [7, 11) is 1.95. The Kier molecular flexibility index (Phi) is 3.09. The number of rotatable bonds is 4. The zero-order valence-corrected chi connectivity index (χ0v) is 8.70. The Morgan fingerprint density at radius 3 is 3.27 bits per heavy atom. The zero-order valence-electron chi connectivity index (χ0n) is 8.70. The Bertz CT molecular complexity index is 458. The summed E-state index contributed by atoms with van der Waals surface area (Å²) in [5.41, 5.74) is 2.84. The fourth-order valence-electron chi connectivity index (χ4n) is 1.38. The molecule has 4 heteroatoms. The molecule has 2 N–H and O–H groups in total. The van der Waals surface area contributed by atoms with Crippen molar-refractivity contribution >= 4 is 17.2 Å². The highest BCUT2D eigenvalue weighted by Gasteiger charge is 1.96. The van der Waals surface area contributed by atoms with E-state index < -0.39 is 0 Å². The molecule has 0 aromatic carbocycles. The number of nitrogens with zero attached hydrogens (tertiary/aromatic N) is 2. The Labute approximate surface area is 88.4 Å². The molecule has 2 aromatic heterocycles. The number of hydrogen-bond donors (Lipinski definition) is 2. The molecular weight excluding hydrogens is 188 g/mol. The van der Waals surface area contributed by atoms with Gasteiger partial charge in [-0.05, 0) is 31.6 Å². The van der Waals surface area contributed by atoms with E-state index >= 15 is 0 Å². The summed E-state index contributed by atoms with van der Waals surface area (Å²) in [6, 6.07) is 2.05. The molecule has 0 fully saturated rings. The van der Waals surface area contributed by atoms with E-state index in [0.29, 0.717) is 0 Å². The minimum absolute atomic E-state index is 0.766. The van der Waals surface area contributed by atoms with Gasteiger partial charge < -0.3 is 10.3 Å². The van der Waals surface area contributed by atoms with Crippen LogP contribution in [0.2, 0.25) is 0 Å². The average molecular weight is 202 g/mol. The summed E-state index contributed by atoms with van der Waals surface area (Å²) in [5.74, 6) is 0. The van der Waals surface area contributed by atoms with Crippen LogP contribution in [-0.2, 0) is 0 Å². The number of hydrogen-bond acceptors (Lipinski definition) is 3. The van der Waals surface area contributed by atoms with Crippen molar-refractivity contribution in [1.82, 2.24) is 20.3 Å². The molecule has 0 aliphatic carbocycles.